The molecule has 0 radical (unpaired) electrons. The number of benzene rings is 1. The Morgan fingerprint density at radius 2 is 1.92 bits per heavy atom. The third-order valence-corrected chi connectivity index (χ3v) is 3.77. The first-order valence-electron chi connectivity index (χ1n) is 6.42. The highest BCUT2D eigenvalue weighted by Gasteiger charge is 2.31. The molecule has 124 valence electrons. The molecule has 0 N–H and O–H groups in total. The van der Waals surface area contributed by atoms with Gasteiger partial charge in [0.1, 0.15) is 17.6 Å². The van der Waals surface area contributed by atoms with Crippen LogP contribution in [0.1, 0.15) is 0 Å². The molecule has 0 aliphatic heterocycles. The van der Waals surface area contributed by atoms with Crippen LogP contribution in [0, 0.1) is 10.1 Å². The van der Waals surface area contributed by atoms with Crippen molar-refractivity contribution in [3.63, 3.8) is 0 Å². The van der Waals surface area contributed by atoms with E-state index in [4.69, 9.17) is 0 Å². The van der Waals surface area contributed by atoms with Gasteiger partial charge in [0.2, 0.25) is 0 Å². The van der Waals surface area contributed by atoms with Crippen molar-refractivity contribution < 1.29 is 22.8 Å². The van der Waals surface area contributed by atoms with Gasteiger partial charge in [-0.1, -0.05) is 0 Å². The number of ether oxygens (including phenoxy) is 1. The normalized spacial score (nSPS) is 11.7. The van der Waals surface area contributed by atoms with E-state index in [0.29, 0.717) is 21.2 Å². The number of nitro groups is 1. The first-order valence-corrected chi connectivity index (χ1v) is 7.21. The molecule has 1 aromatic carbocycles. The lowest BCUT2D eigenvalue weighted by Crippen LogP contribution is -2.17. The van der Waals surface area contributed by atoms with Gasteiger partial charge in [-0.05, 0) is 40.2 Å². The minimum absolute atomic E-state index is 0.158. The van der Waals surface area contributed by atoms with Crippen LogP contribution in [0.15, 0.2) is 47.2 Å². The number of halogens is 4. The maximum atomic E-state index is 12.2. The second-order valence-corrected chi connectivity index (χ2v) is 5.56. The molecule has 2 aromatic heterocycles. The van der Waals surface area contributed by atoms with Crippen molar-refractivity contribution in [2.75, 3.05) is 0 Å². The number of aromatic nitrogens is 2. The van der Waals surface area contributed by atoms with Crippen LogP contribution in [0.25, 0.3) is 16.7 Å². The zero-order chi connectivity index (χ0) is 17.5. The van der Waals surface area contributed by atoms with Gasteiger partial charge in [-0.2, -0.15) is 0 Å². The third-order valence-electron chi connectivity index (χ3n) is 3.14. The molecular formula is C14H7BrF3N3O3. The predicted molar refractivity (Wildman–Crippen MR) is 82.1 cm³/mol. The van der Waals surface area contributed by atoms with Crippen molar-refractivity contribution in [2.45, 2.75) is 6.36 Å². The molecule has 0 bridgehead atoms. The molecule has 0 aliphatic rings. The van der Waals surface area contributed by atoms with Gasteiger partial charge in [0, 0.05) is 27.8 Å². The Bertz CT molecular complexity index is 923. The first kappa shape index (κ1) is 16.2. The summed E-state index contributed by atoms with van der Waals surface area (Å²) >= 11 is 3.30. The average molecular weight is 402 g/mol. The summed E-state index contributed by atoms with van der Waals surface area (Å²) in [6, 6.07) is 6.57. The zero-order valence-corrected chi connectivity index (χ0v) is 13.2. The summed E-state index contributed by atoms with van der Waals surface area (Å²) in [5.74, 6) is -0.342. The van der Waals surface area contributed by atoms with Crippen LogP contribution >= 0.6 is 15.9 Å². The standard InChI is InChI=1S/C14H7BrF3N3O3/c15-12-7-20(13-11(12)5-9(6-19-13)21(22)23)8-1-3-10(4-2-8)24-14(16,17)18/h1-7H. The number of nitrogens with zero attached hydrogens (tertiary/aromatic N) is 3. The van der Waals surface area contributed by atoms with E-state index in [1.54, 1.807) is 10.8 Å². The fraction of sp³-hybridized carbons (Fsp3) is 0.0714. The predicted octanol–water partition coefficient (Wildman–Crippen LogP) is 4.59. The molecule has 10 heteroatoms. The minimum Gasteiger partial charge on any atom is -0.406 e. The van der Waals surface area contributed by atoms with Crippen LogP contribution in [0.4, 0.5) is 18.9 Å². The number of rotatable bonds is 3. The van der Waals surface area contributed by atoms with Gasteiger partial charge in [0.15, 0.2) is 0 Å². The van der Waals surface area contributed by atoms with E-state index in [9.17, 15) is 23.3 Å². The second kappa shape index (κ2) is 5.78. The molecule has 24 heavy (non-hydrogen) atoms. The number of hydrogen-bond acceptors (Lipinski definition) is 4. The van der Waals surface area contributed by atoms with E-state index >= 15 is 0 Å². The Balaban J connectivity index is 2.02. The molecule has 0 aliphatic carbocycles. The van der Waals surface area contributed by atoms with Crippen LogP contribution in [0.3, 0.4) is 0 Å². The molecule has 0 atom stereocenters. The van der Waals surface area contributed by atoms with Crippen molar-refractivity contribution in [1.82, 2.24) is 9.55 Å². The summed E-state index contributed by atoms with van der Waals surface area (Å²) < 4.78 is 42.5. The van der Waals surface area contributed by atoms with E-state index in [0.717, 1.165) is 6.20 Å². The Hall–Kier alpha value is -2.62. The fourth-order valence-corrected chi connectivity index (χ4v) is 2.66. The zero-order valence-electron chi connectivity index (χ0n) is 11.6. The number of fused-ring (bicyclic) bond motifs is 1. The van der Waals surface area contributed by atoms with E-state index in [-0.39, 0.29) is 11.4 Å². The summed E-state index contributed by atoms with van der Waals surface area (Å²) in [5, 5.41) is 11.3. The topological polar surface area (TPSA) is 70.2 Å². The van der Waals surface area contributed by atoms with Crippen LogP contribution in [0.2, 0.25) is 0 Å². The van der Waals surface area contributed by atoms with Crippen molar-refractivity contribution in [3.05, 3.63) is 57.3 Å². The van der Waals surface area contributed by atoms with Crippen LogP contribution in [-0.4, -0.2) is 20.8 Å². The highest BCUT2D eigenvalue weighted by Crippen LogP contribution is 2.31. The Morgan fingerprint density at radius 1 is 1.25 bits per heavy atom. The van der Waals surface area contributed by atoms with Crippen LogP contribution in [-0.2, 0) is 0 Å². The van der Waals surface area contributed by atoms with Crippen LogP contribution < -0.4 is 4.74 Å². The van der Waals surface area contributed by atoms with E-state index in [1.165, 1.54) is 30.3 Å². The van der Waals surface area contributed by atoms with E-state index in [1.807, 2.05) is 0 Å². The molecule has 0 saturated heterocycles. The van der Waals surface area contributed by atoms with Gasteiger partial charge < -0.3 is 9.30 Å². The highest BCUT2D eigenvalue weighted by molar-refractivity contribution is 9.10. The first-order chi connectivity index (χ1) is 11.2. The summed E-state index contributed by atoms with van der Waals surface area (Å²) in [4.78, 5) is 14.3. The largest absolute Gasteiger partial charge is 0.573 e. The van der Waals surface area contributed by atoms with E-state index < -0.39 is 11.3 Å². The minimum atomic E-state index is -4.76. The molecule has 3 rings (SSSR count). The molecule has 6 nitrogen and oxygen atoms in total. The fourth-order valence-electron chi connectivity index (χ4n) is 2.16. The number of alkyl halides is 3. The Labute approximate surface area is 140 Å². The maximum Gasteiger partial charge on any atom is 0.573 e. The molecule has 0 amide bonds. The Morgan fingerprint density at radius 3 is 2.50 bits per heavy atom. The monoisotopic (exact) mass is 401 g/mol. The highest BCUT2D eigenvalue weighted by atomic mass is 79.9. The van der Waals surface area contributed by atoms with Gasteiger partial charge in [0.25, 0.3) is 5.69 Å². The summed E-state index contributed by atoms with van der Waals surface area (Å²) in [5.41, 5.74) is 0.799. The second-order valence-electron chi connectivity index (χ2n) is 4.71. The smallest absolute Gasteiger partial charge is 0.406 e. The van der Waals surface area contributed by atoms with Gasteiger partial charge in [-0.15, -0.1) is 13.2 Å². The number of pyridine rings is 1. The molecule has 0 unspecified atom stereocenters. The molecular weight excluding hydrogens is 395 g/mol. The van der Waals surface area contributed by atoms with Crippen molar-refractivity contribution >= 4 is 32.7 Å². The summed E-state index contributed by atoms with van der Waals surface area (Å²) in [7, 11) is 0. The van der Waals surface area contributed by atoms with Gasteiger partial charge in [-0.3, -0.25) is 10.1 Å². The quantitative estimate of drug-likeness (QED) is 0.475. The van der Waals surface area contributed by atoms with Crippen molar-refractivity contribution in [2.24, 2.45) is 0 Å². The summed E-state index contributed by atoms with van der Waals surface area (Å²) in [6.45, 7) is 0. The van der Waals surface area contributed by atoms with Gasteiger partial charge in [-0.25, -0.2) is 4.98 Å². The lowest BCUT2D eigenvalue weighted by Gasteiger charge is -2.10. The SMILES string of the molecule is O=[N+]([O-])c1cnc2c(c1)c(Br)cn2-c1ccc(OC(F)(F)F)cc1. The lowest BCUT2D eigenvalue weighted by molar-refractivity contribution is -0.385. The van der Waals surface area contributed by atoms with E-state index in [2.05, 4.69) is 25.7 Å². The summed E-state index contributed by atoms with van der Waals surface area (Å²) in [6.07, 6.45) is -2.02. The number of hydrogen-bond donors (Lipinski definition) is 0. The van der Waals surface area contributed by atoms with Gasteiger partial charge >= 0.3 is 6.36 Å². The molecule has 0 fully saturated rings. The van der Waals surface area contributed by atoms with Crippen molar-refractivity contribution in [1.29, 1.82) is 0 Å². The Kier molecular flexibility index (Phi) is 3.91. The lowest BCUT2D eigenvalue weighted by atomic mass is 10.3. The third kappa shape index (κ3) is 3.18. The van der Waals surface area contributed by atoms with Crippen molar-refractivity contribution in [3.8, 4) is 11.4 Å². The van der Waals surface area contributed by atoms with Gasteiger partial charge in [0.05, 0.1) is 4.92 Å². The average Bonchev–Trinajstić information content (AvgIpc) is 2.83. The molecule has 0 saturated carbocycles. The molecule has 0 spiro atoms. The van der Waals surface area contributed by atoms with Crippen LogP contribution in [0.5, 0.6) is 5.75 Å². The molecule has 2 heterocycles. The molecule has 3 aromatic rings. The maximum absolute atomic E-state index is 12.2.